The van der Waals surface area contributed by atoms with E-state index >= 15 is 0 Å². The van der Waals surface area contributed by atoms with Gasteiger partial charge in [-0.15, -0.1) is 0 Å². The van der Waals surface area contributed by atoms with Crippen LogP contribution < -0.4 is 0 Å². The Kier molecular flexibility index (Phi) is 3.95. The van der Waals surface area contributed by atoms with Crippen LogP contribution in [0.3, 0.4) is 0 Å². The summed E-state index contributed by atoms with van der Waals surface area (Å²) in [5, 5.41) is 1.41. The molecule has 0 amide bonds. The molecule has 0 aliphatic heterocycles. The van der Waals surface area contributed by atoms with Gasteiger partial charge in [-0.1, -0.05) is 34.8 Å². The van der Waals surface area contributed by atoms with E-state index in [-0.39, 0.29) is 10.0 Å². The molecule has 0 unspecified atom stereocenters. The van der Waals surface area contributed by atoms with Crippen molar-refractivity contribution in [1.29, 1.82) is 0 Å². The van der Waals surface area contributed by atoms with Gasteiger partial charge in [0.05, 0.1) is 32.8 Å². The molecule has 0 saturated carbocycles. The summed E-state index contributed by atoms with van der Waals surface area (Å²) in [6.45, 7) is 2.03. The highest BCUT2D eigenvalue weighted by molar-refractivity contribution is 6.50. The minimum Gasteiger partial charge on any atom is -0.462 e. The van der Waals surface area contributed by atoms with E-state index in [0.29, 0.717) is 28.1 Å². The Morgan fingerprint density at radius 3 is 2.67 bits per heavy atom. The molecule has 0 bridgehead atoms. The summed E-state index contributed by atoms with van der Waals surface area (Å²) in [5.41, 5.74) is 0.895. The van der Waals surface area contributed by atoms with E-state index < -0.39 is 5.97 Å². The molecule has 2 aromatic rings. The first kappa shape index (κ1) is 13.4. The van der Waals surface area contributed by atoms with Crippen molar-refractivity contribution in [3.05, 3.63) is 39.0 Å². The Labute approximate surface area is 119 Å². The van der Waals surface area contributed by atoms with E-state index in [2.05, 4.69) is 4.98 Å². The lowest BCUT2D eigenvalue weighted by molar-refractivity contribution is 0.0526. The van der Waals surface area contributed by atoms with Crippen LogP contribution in [0.5, 0.6) is 0 Å². The average molecular weight is 305 g/mol. The fourth-order valence-corrected chi connectivity index (χ4v) is 2.15. The van der Waals surface area contributed by atoms with Crippen molar-refractivity contribution in [3.63, 3.8) is 0 Å². The fourth-order valence-electron chi connectivity index (χ4n) is 1.50. The summed E-state index contributed by atoms with van der Waals surface area (Å²) in [4.78, 5) is 15.7. The number of benzene rings is 1. The van der Waals surface area contributed by atoms with Gasteiger partial charge >= 0.3 is 5.97 Å². The molecule has 0 spiro atoms. The Bertz CT molecular complexity index is 628. The van der Waals surface area contributed by atoms with Crippen LogP contribution in [0.2, 0.25) is 15.1 Å². The molecule has 0 saturated heterocycles. The number of pyridine rings is 1. The van der Waals surface area contributed by atoms with E-state index in [4.69, 9.17) is 39.5 Å². The molecular formula is C12H8Cl3NO2. The number of ether oxygens (including phenoxy) is 1. The molecule has 0 aliphatic rings. The minimum atomic E-state index is -0.450. The second kappa shape index (κ2) is 5.31. The van der Waals surface area contributed by atoms with Gasteiger partial charge in [-0.25, -0.2) is 4.79 Å². The van der Waals surface area contributed by atoms with Crippen molar-refractivity contribution >= 4 is 51.7 Å². The van der Waals surface area contributed by atoms with E-state index in [9.17, 15) is 4.79 Å². The second-order valence-electron chi connectivity index (χ2n) is 3.50. The first-order valence-electron chi connectivity index (χ1n) is 5.15. The molecule has 94 valence electrons. The lowest BCUT2D eigenvalue weighted by Gasteiger charge is -2.06. The Morgan fingerprint density at radius 1 is 1.28 bits per heavy atom. The number of nitrogens with zero attached hydrogens (tertiary/aromatic N) is 1. The first-order valence-corrected chi connectivity index (χ1v) is 6.28. The average Bonchev–Trinajstić information content (AvgIpc) is 2.36. The van der Waals surface area contributed by atoms with Crippen LogP contribution in [0, 0.1) is 0 Å². The summed E-state index contributed by atoms with van der Waals surface area (Å²) >= 11 is 17.9. The summed E-state index contributed by atoms with van der Waals surface area (Å²) in [7, 11) is 0. The van der Waals surface area contributed by atoms with Crippen LogP contribution >= 0.6 is 34.8 Å². The van der Waals surface area contributed by atoms with Crippen molar-refractivity contribution in [3.8, 4) is 0 Å². The second-order valence-corrected chi connectivity index (χ2v) is 4.66. The number of hydrogen-bond acceptors (Lipinski definition) is 3. The molecule has 6 heteroatoms. The number of rotatable bonds is 2. The zero-order valence-electron chi connectivity index (χ0n) is 9.34. The summed E-state index contributed by atoms with van der Waals surface area (Å²) in [5.74, 6) is -0.450. The van der Waals surface area contributed by atoms with Gasteiger partial charge in [0.2, 0.25) is 0 Å². The quantitative estimate of drug-likeness (QED) is 0.611. The van der Waals surface area contributed by atoms with Gasteiger partial charge in [0.1, 0.15) is 0 Å². The molecule has 1 aromatic carbocycles. The first-order chi connectivity index (χ1) is 8.54. The van der Waals surface area contributed by atoms with Crippen LogP contribution in [0.1, 0.15) is 17.3 Å². The van der Waals surface area contributed by atoms with Crippen molar-refractivity contribution in [2.75, 3.05) is 6.61 Å². The summed E-state index contributed by atoms with van der Waals surface area (Å²) in [6, 6.07) is 3.19. The third-order valence-corrected chi connectivity index (χ3v) is 3.61. The lowest BCUT2D eigenvalue weighted by Crippen LogP contribution is -2.05. The fraction of sp³-hybridized carbons (Fsp3) is 0.167. The van der Waals surface area contributed by atoms with E-state index in [0.717, 1.165) is 0 Å². The maximum absolute atomic E-state index is 11.6. The predicted octanol–water partition coefficient (Wildman–Crippen LogP) is 4.37. The zero-order valence-corrected chi connectivity index (χ0v) is 11.6. The third-order valence-electron chi connectivity index (χ3n) is 2.33. The van der Waals surface area contributed by atoms with Crippen LogP contribution in [0.4, 0.5) is 0 Å². The smallest absolute Gasteiger partial charge is 0.339 e. The highest BCUT2D eigenvalue weighted by Gasteiger charge is 2.13. The molecule has 1 heterocycles. The molecule has 0 N–H and O–H groups in total. The summed E-state index contributed by atoms with van der Waals surface area (Å²) < 4.78 is 4.89. The van der Waals surface area contributed by atoms with E-state index in [1.54, 1.807) is 19.1 Å². The highest BCUT2D eigenvalue weighted by Crippen LogP contribution is 2.36. The largest absolute Gasteiger partial charge is 0.462 e. The van der Waals surface area contributed by atoms with Gasteiger partial charge in [0.15, 0.2) is 0 Å². The van der Waals surface area contributed by atoms with Gasteiger partial charge in [-0.2, -0.15) is 0 Å². The molecule has 0 fully saturated rings. The van der Waals surface area contributed by atoms with Gasteiger partial charge in [0.25, 0.3) is 0 Å². The highest BCUT2D eigenvalue weighted by atomic mass is 35.5. The SMILES string of the molecule is CCOC(=O)c1cnc2cc(Cl)c(Cl)c(Cl)c2c1. The van der Waals surface area contributed by atoms with Crippen molar-refractivity contribution in [2.24, 2.45) is 0 Å². The monoisotopic (exact) mass is 303 g/mol. The van der Waals surface area contributed by atoms with Gasteiger partial charge in [-0.3, -0.25) is 4.98 Å². The normalized spacial score (nSPS) is 10.7. The number of fused-ring (bicyclic) bond motifs is 1. The number of carbonyl (C=O) groups excluding carboxylic acids is 1. The molecule has 2 rings (SSSR count). The predicted molar refractivity (Wildman–Crippen MR) is 72.7 cm³/mol. The van der Waals surface area contributed by atoms with Crippen LogP contribution in [0.25, 0.3) is 10.9 Å². The van der Waals surface area contributed by atoms with Crippen molar-refractivity contribution < 1.29 is 9.53 Å². The topological polar surface area (TPSA) is 39.2 Å². The molecule has 1 aromatic heterocycles. The number of carbonyl (C=O) groups is 1. The number of hydrogen-bond donors (Lipinski definition) is 0. The molecule has 0 atom stereocenters. The molecule has 3 nitrogen and oxygen atoms in total. The van der Waals surface area contributed by atoms with Crippen molar-refractivity contribution in [2.45, 2.75) is 6.92 Å². The number of aromatic nitrogens is 1. The Morgan fingerprint density at radius 2 is 2.00 bits per heavy atom. The third kappa shape index (κ3) is 2.39. The lowest BCUT2D eigenvalue weighted by atomic mass is 10.1. The number of esters is 1. The molecular weight excluding hydrogens is 296 g/mol. The van der Waals surface area contributed by atoms with E-state index in [1.807, 2.05) is 0 Å². The van der Waals surface area contributed by atoms with Gasteiger partial charge in [0, 0.05) is 11.6 Å². The van der Waals surface area contributed by atoms with Gasteiger partial charge < -0.3 is 4.74 Å². The van der Waals surface area contributed by atoms with Gasteiger partial charge in [-0.05, 0) is 19.1 Å². The number of halogens is 3. The molecule has 0 aliphatic carbocycles. The summed E-state index contributed by atoms with van der Waals surface area (Å²) in [6.07, 6.45) is 1.42. The van der Waals surface area contributed by atoms with Crippen LogP contribution in [-0.4, -0.2) is 17.6 Å². The Balaban J connectivity index is 2.61. The molecule has 0 radical (unpaired) electrons. The van der Waals surface area contributed by atoms with E-state index in [1.165, 1.54) is 6.20 Å². The van der Waals surface area contributed by atoms with Crippen LogP contribution in [-0.2, 0) is 4.74 Å². The Hall–Kier alpha value is -1.03. The maximum Gasteiger partial charge on any atom is 0.339 e. The maximum atomic E-state index is 11.6. The minimum absolute atomic E-state index is 0.244. The van der Waals surface area contributed by atoms with Crippen LogP contribution in [0.15, 0.2) is 18.3 Å². The zero-order chi connectivity index (χ0) is 13.3. The standard InChI is InChI=1S/C12H8Cl3NO2/c1-2-18-12(17)6-3-7-9(16-5-6)4-8(13)11(15)10(7)14/h3-5H,2H2,1H3. The molecule has 18 heavy (non-hydrogen) atoms. The van der Waals surface area contributed by atoms with Crippen molar-refractivity contribution in [1.82, 2.24) is 4.98 Å².